The lowest BCUT2D eigenvalue weighted by molar-refractivity contribution is -0.143. The lowest BCUT2D eigenvalue weighted by Gasteiger charge is -2.15. The summed E-state index contributed by atoms with van der Waals surface area (Å²) in [4.78, 5) is 36.4. The second-order valence-electron chi connectivity index (χ2n) is 6.76. The SMILES string of the molecule is CCOC(=O)c1ccc(NC(=O)CN2CC(C(=O)OC)C(c3ccc(Cl)cc3)=N2)cc1. The molecule has 1 amide bonds. The molecule has 2 aromatic rings. The van der Waals surface area contributed by atoms with E-state index in [-0.39, 0.29) is 25.6 Å². The molecule has 0 radical (unpaired) electrons. The zero-order valence-corrected chi connectivity index (χ0v) is 17.9. The molecule has 2 aromatic carbocycles. The first kappa shape index (κ1) is 22.3. The molecule has 0 aromatic heterocycles. The van der Waals surface area contributed by atoms with E-state index in [2.05, 4.69) is 10.4 Å². The highest BCUT2D eigenvalue weighted by Gasteiger charge is 2.35. The quantitative estimate of drug-likeness (QED) is 0.661. The van der Waals surface area contributed by atoms with E-state index in [1.807, 2.05) is 0 Å². The minimum absolute atomic E-state index is 0.0514. The maximum Gasteiger partial charge on any atom is 0.338 e. The number of rotatable bonds is 7. The largest absolute Gasteiger partial charge is 0.468 e. The first-order valence-electron chi connectivity index (χ1n) is 9.65. The molecule has 3 rings (SSSR count). The molecule has 0 aliphatic carbocycles. The number of hydrogen-bond acceptors (Lipinski definition) is 7. The molecular weight excluding hydrogens is 422 g/mol. The minimum atomic E-state index is -0.608. The van der Waals surface area contributed by atoms with Crippen molar-refractivity contribution in [2.45, 2.75) is 6.92 Å². The summed E-state index contributed by atoms with van der Waals surface area (Å²) in [6.45, 7) is 2.19. The Morgan fingerprint density at radius 2 is 1.81 bits per heavy atom. The lowest BCUT2D eigenvalue weighted by atomic mass is 9.98. The Kier molecular flexibility index (Phi) is 7.25. The number of methoxy groups -OCH3 is 1. The molecule has 1 N–H and O–H groups in total. The number of anilines is 1. The number of benzene rings is 2. The van der Waals surface area contributed by atoms with Crippen molar-refractivity contribution < 1.29 is 23.9 Å². The van der Waals surface area contributed by atoms with E-state index in [1.54, 1.807) is 55.5 Å². The second-order valence-corrected chi connectivity index (χ2v) is 7.20. The number of carbonyl (C=O) groups is 3. The maximum absolute atomic E-state index is 12.5. The molecule has 0 saturated carbocycles. The van der Waals surface area contributed by atoms with Crippen LogP contribution in [0.25, 0.3) is 0 Å². The van der Waals surface area contributed by atoms with Gasteiger partial charge in [0.05, 0.1) is 31.5 Å². The monoisotopic (exact) mass is 443 g/mol. The van der Waals surface area contributed by atoms with Gasteiger partial charge in [-0.3, -0.25) is 14.6 Å². The number of hydrogen-bond donors (Lipinski definition) is 1. The summed E-state index contributed by atoms with van der Waals surface area (Å²) >= 11 is 5.94. The minimum Gasteiger partial charge on any atom is -0.468 e. The van der Waals surface area contributed by atoms with Gasteiger partial charge in [0.15, 0.2) is 0 Å². The van der Waals surface area contributed by atoms with Gasteiger partial charge in [-0.25, -0.2) is 4.79 Å². The van der Waals surface area contributed by atoms with Crippen LogP contribution in [-0.4, -0.2) is 55.4 Å². The molecule has 162 valence electrons. The predicted octanol–water partition coefficient (Wildman–Crippen LogP) is 2.96. The van der Waals surface area contributed by atoms with Crippen molar-refractivity contribution in [1.29, 1.82) is 0 Å². The van der Waals surface area contributed by atoms with Crippen LogP contribution in [0, 0.1) is 5.92 Å². The van der Waals surface area contributed by atoms with Gasteiger partial charge in [0, 0.05) is 10.7 Å². The number of esters is 2. The summed E-state index contributed by atoms with van der Waals surface area (Å²) < 4.78 is 9.83. The molecule has 1 heterocycles. The average Bonchev–Trinajstić information content (AvgIpc) is 3.18. The van der Waals surface area contributed by atoms with Crippen LogP contribution in [0.2, 0.25) is 5.02 Å². The number of nitrogens with zero attached hydrogens (tertiary/aromatic N) is 2. The van der Waals surface area contributed by atoms with E-state index in [9.17, 15) is 14.4 Å². The number of ether oxygens (including phenoxy) is 2. The van der Waals surface area contributed by atoms with Gasteiger partial charge >= 0.3 is 11.9 Å². The van der Waals surface area contributed by atoms with Gasteiger partial charge in [-0.05, 0) is 48.9 Å². The first-order valence-corrected chi connectivity index (χ1v) is 10.0. The van der Waals surface area contributed by atoms with Crippen LogP contribution in [0.15, 0.2) is 53.6 Å². The van der Waals surface area contributed by atoms with E-state index >= 15 is 0 Å². The van der Waals surface area contributed by atoms with Gasteiger partial charge in [0.2, 0.25) is 5.91 Å². The van der Waals surface area contributed by atoms with Gasteiger partial charge in [-0.2, -0.15) is 5.10 Å². The number of nitrogens with one attached hydrogen (secondary N) is 1. The summed E-state index contributed by atoms with van der Waals surface area (Å²) in [7, 11) is 1.32. The molecule has 0 spiro atoms. The van der Waals surface area contributed by atoms with Crippen molar-refractivity contribution >= 4 is 40.8 Å². The average molecular weight is 444 g/mol. The standard InChI is InChI=1S/C22H22ClN3O5/c1-3-31-21(28)15-6-10-17(11-7-15)24-19(27)13-26-12-18(22(29)30-2)20(25-26)14-4-8-16(23)9-5-14/h4-11,18H,3,12-13H2,1-2H3,(H,24,27). The summed E-state index contributed by atoms with van der Waals surface area (Å²) in [5.74, 6) is -1.77. The molecule has 0 bridgehead atoms. The third-order valence-corrected chi connectivity index (χ3v) is 4.86. The summed E-state index contributed by atoms with van der Waals surface area (Å²) in [6, 6.07) is 13.4. The third-order valence-electron chi connectivity index (χ3n) is 4.60. The normalized spacial score (nSPS) is 15.3. The van der Waals surface area contributed by atoms with Crippen molar-refractivity contribution in [3.05, 3.63) is 64.7 Å². The van der Waals surface area contributed by atoms with E-state index in [0.717, 1.165) is 5.56 Å². The van der Waals surface area contributed by atoms with Crippen LogP contribution in [0.3, 0.4) is 0 Å². The number of carbonyl (C=O) groups excluding carboxylic acids is 3. The van der Waals surface area contributed by atoms with Gasteiger partial charge in [-0.15, -0.1) is 0 Å². The van der Waals surface area contributed by atoms with Gasteiger partial charge < -0.3 is 14.8 Å². The lowest BCUT2D eigenvalue weighted by Crippen LogP contribution is -2.32. The van der Waals surface area contributed by atoms with Crippen LogP contribution in [0.4, 0.5) is 5.69 Å². The number of amides is 1. The second kappa shape index (κ2) is 10.1. The molecule has 9 heteroatoms. The Labute approximate surface area is 184 Å². The third kappa shape index (κ3) is 5.61. The fourth-order valence-electron chi connectivity index (χ4n) is 3.14. The number of halogens is 1. The molecule has 8 nitrogen and oxygen atoms in total. The smallest absolute Gasteiger partial charge is 0.338 e. The van der Waals surface area contributed by atoms with Gasteiger partial charge in [0.25, 0.3) is 0 Å². The topological polar surface area (TPSA) is 97.3 Å². The van der Waals surface area contributed by atoms with Crippen molar-refractivity contribution in [2.75, 3.05) is 32.1 Å². The van der Waals surface area contributed by atoms with E-state index < -0.39 is 17.9 Å². The molecule has 0 fully saturated rings. The van der Waals surface area contributed by atoms with E-state index in [0.29, 0.717) is 22.0 Å². The fraction of sp³-hybridized carbons (Fsp3) is 0.273. The first-order chi connectivity index (χ1) is 14.9. The predicted molar refractivity (Wildman–Crippen MR) is 116 cm³/mol. The van der Waals surface area contributed by atoms with Crippen molar-refractivity contribution in [2.24, 2.45) is 11.0 Å². The molecule has 31 heavy (non-hydrogen) atoms. The molecule has 1 aliphatic rings. The Hall–Kier alpha value is -3.39. The van der Waals surface area contributed by atoms with Gasteiger partial charge in [-0.1, -0.05) is 23.7 Å². The van der Waals surface area contributed by atoms with E-state index in [1.165, 1.54) is 12.1 Å². The van der Waals surface area contributed by atoms with Crippen molar-refractivity contribution in [3.8, 4) is 0 Å². The van der Waals surface area contributed by atoms with Crippen molar-refractivity contribution in [3.63, 3.8) is 0 Å². The maximum atomic E-state index is 12.5. The van der Waals surface area contributed by atoms with Gasteiger partial charge in [0.1, 0.15) is 12.5 Å². The molecular formula is C22H22ClN3O5. The highest BCUT2D eigenvalue weighted by molar-refractivity contribution is 6.30. The summed E-state index contributed by atoms with van der Waals surface area (Å²) in [6.07, 6.45) is 0. The Bertz CT molecular complexity index is 989. The summed E-state index contributed by atoms with van der Waals surface area (Å²) in [5.41, 5.74) is 2.19. The highest BCUT2D eigenvalue weighted by atomic mass is 35.5. The van der Waals surface area contributed by atoms with E-state index in [4.69, 9.17) is 21.1 Å². The Morgan fingerprint density at radius 1 is 1.13 bits per heavy atom. The molecule has 1 unspecified atom stereocenters. The molecule has 0 saturated heterocycles. The highest BCUT2D eigenvalue weighted by Crippen LogP contribution is 2.22. The Morgan fingerprint density at radius 3 is 2.42 bits per heavy atom. The molecule has 1 atom stereocenters. The molecule has 1 aliphatic heterocycles. The summed E-state index contributed by atoms with van der Waals surface area (Å²) in [5, 5.41) is 9.31. The van der Waals surface area contributed by atoms with Crippen LogP contribution in [0.5, 0.6) is 0 Å². The zero-order valence-electron chi connectivity index (χ0n) is 17.1. The Balaban J connectivity index is 1.67. The van der Waals surface area contributed by atoms with Crippen LogP contribution >= 0.6 is 11.6 Å². The number of hydrazone groups is 1. The van der Waals surface area contributed by atoms with Crippen molar-refractivity contribution in [1.82, 2.24) is 5.01 Å². The van der Waals surface area contributed by atoms with Crippen LogP contribution in [0.1, 0.15) is 22.8 Å². The zero-order chi connectivity index (χ0) is 22.4. The van der Waals surface area contributed by atoms with Crippen LogP contribution in [-0.2, 0) is 19.1 Å². The fourth-order valence-corrected chi connectivity index (χ4v) is 3.26. The van der Waals surface area contributed by atoms with Crippen LogP contribution < -0.4 is 5.32 Å².